The summed E-state index contributed by atoms with van der Waals surface area (Å²) in [6.45, 7) is 6.07. The lowest BCUT2D eigenvalue weighted by molar-refractivity contribution is -0.129. The SMILES string of the molecule is CC(=O)N(C)C1CCN(c2ccc(NC(=O)C(C)c3ccc(OCC4CCC4)cc3)cc2)C1. The van der Waals surface area contributed by atoms with E-state index in [4.69, 9.17) is 4.74 Å². The van der Waals surface area contributed by atoms with Gasteiger partial charge >= 0.3 is 0 Å². The van der Waals surface area contributed by atoms with Gasteiger partial charge in [-0.2, -0.15) is 0 Å². The van der Waals surface area contributed by atoms with E-state index in [2.05, 4.69) is 10.2 Å². The fourth-order valence-corrected chi connectivity index (χ4v) is 4.43. The van der Waals surface area contributed by atoms with Crippen molar-refractivity contribution >= 4 is 23.2 Å². The van der Waals surface area contributed by atoms with E-state index in [1.54, 1.807) is 6.92 Å². The number of likely N-dealkylation sites (N-methyl/N-ethyl adjacent to an activating group) is 1. The molecular formula is C27H35N3O3. The molecule has 1 heterocycles. The van der Waals surface area contributed by atoms with Crippen LogP contribution in [0.5, 0.6) is 5.75 Å². The minimum atomic E-state index is -0.258. The zero-order valence-electron chi connectivity index (χ0n) is 19.9. The van der Waals surface area contributed by atoms with E-state index in [1.165, 1.54) is 19.3 Å². The molecule has 2 amide bonds. The van der Waals surface area contributed by atoms with Gasteiger partial charge in [-0.05, 0) is 74.1 Å². The van der Waals surface area contributed by atoms with E-state index >= 15 is 0 Å². The Morgan fingerprint density at radius 1 is 1.09 bits per heavy atom. The molecule has 6 heteroatoms. The van der Waals surface area contributed by atoms with Crippen molar-refractivity contribution in [2.45, 2.75) is 51.5 Å². The second-order valence-corrected chi connectivity index (χ2v) is 9.45. The first kappa shape index (κ1) is 23.1. The number of hydrogen-bond donors (Lipinski definition) is 1. The number of anilines is 2. The Morgan fingerprint density at radius 2 is 1.79 bits per heavy atom. The maximum absolute atomic E-state index is 12.8. The Labute approximate surface area is 196 Å². The van der Waals surface area contributed by atoms with Crippen molar-refractivity contribution in [3.05, 3.63) is 54.1 Å². The molecule has 0 radical (unpaired) electrons. The molecule has 2 aromatic carbocycles. The molecule has 176 valence electrons. The molecule has 6 nitrogen and oxygen atoms in total. The summed E-state index contributed by atoms with van der Waals surface area (Å²) in [5.41, 5.74) is 2.86. The summed E-state index contributed by atoms with van der Waals surface area (Å²) in [5.74, 6) is 1.38. The molecule has 2 atom stereocenters. The van der Waals surface area contributed by atoms with Crippen molar-refractivity contribution < 1.29 is 14.3 Å². The van der Waals surface area contributed by atoms with E-state index in [0.717, 1.165) is 48.8 Å². The first-order valence-corrected chi connectivity index (χ1v) is 12.0. The average Bonchev–Trinajstić information content (AvgIpc) is 3.28. The van der Waals surface area contributed by atoms with E-state index in [-0.39, 0.29) is 23.8 Å². The molecule has 2 fully saturated rings. The molecular weight excluding hydrogens is 414 g/mol. The van der Waals surface area contributed by atoms with Crippen LogP contribution in [-0.4, -0.2) is 49.5 Å². The number of hydrogen-bond acceptors (Lipinski definition) is 4. The number of amides is 2. The van der Waals surface area contributed by atoms with Crippen LogP contribution in [0.2, 0.25) is 0 Å². The summed E-state index contributed by atoms with van der Waals surface area (Å²) in [4.78, 5) is 28.5. The summed E-state index contributed by atoms with van der Waals surface area (Å²) in [7, 11) is 1.87. The third-order valence-electron chi connectivity index (χ3n) is 7.19. The Balaban J connectivity index is 1.28. The Kier molecular flexibility index (Phi) is 7.21. The summed E-state index contributed by atoms with van der Waals surface area (Å²) in [5, 5.41) is 3.03. The monoisotopic (exact) mass is 449 g/mol. The third kappa shape index (κ3) is 5.67. The first-order valence-electron chi connectivity index (χ1n) is 12.0. The van der Waals surface area contributed by atoms with Crippen LogP contribution in [0.3, 0.4) is 0 Å². The van der Waals surface area contributed by atoms with Gasteiger partial charge < -0.3 is 19.9 Å². The second kappa shape index (κ2) is 10.3. The van der Waals surface area contributed by atoms with Crippen LogP contribution in [0.25, 0.3) is 0 Å². The Morgan fingerprint density at radius 3 is 2.39 bits per heavy atom. The minimum absolute atomic E-state index is 0.0322. The lowest BCUT2D eigenvalue weighted by Crippen LogP contribution is -2.37. The molecule has 0 spiro atoms. The van der Waals surface area contributed by atoms with E-state index in [1.807, 2.05) is 67.4 Å². The summed E-state index contributed by atoms with van der Waals surface area (Å²) in [6, 6.07) is 16.1. The zero-order chi connectivity index (χ0) is 23.4. The number of nitrogens with zero attached hydrogens (tertiary/aromatic N) is 2. The standard InChI is InChI=1S/C27H35N3O3/c1-19(22-7-13-26(14-8-22)33-18-21-5-4-6-21)27(32)28-23-9-11-24(12-10-23)30-16-15-25(17-30)29(3)20(2)31/h7-14,19,21,25H,4-6,15-18H2,1-3H3,(H,28,32). The average molecular weight is 450 g/mol. The first-order chi connectivity index (χ1) is 15.9. The predicted octanol–water partition coefficient (Wildman–Crippen LogP) is 4.66. The van der Waals surface area contributed by atoms with Gasteiger partial charge in [0.2, 0.25) is 11.8 Å². The van der Waals surface area contributed by atoms with Crippen molar-refractivity contribution in [1.82, 2.24) is 4.90 Å². The molecule has 1 saturated heterocycles. The van der Waals surface area contributed by atoms with Gasteiger partial charge in [0.25, 0.3) is 0 Å². The largest absolute Gasteiger partial charge is 0.493 e. The highest BCUT2D eigenvalue weighted by molar-refractivity contribution is 5.95. The number of nitrogens with one attached hydrogen (secondary N) is 1. The van der Waals surface area contributed by atoms with Gasteiger partial charge in [0.05, 0.1) is 18.6 Å². The zero-order valence-corrected chi connectivity index (χ0v) is 19.9. The van der Waals surface area contributed by atoms with E-state index < -0.39 is 0 Å². The molecule has 0 aromatic heterocycles. The van der Waals surface area contributed by atoms with Gasteiger partial charge in [-0.1, -0.05) is 18.6 Å². The van der Waals surface area contributed by atoms with Gasteiger partial charge in [-0.25, -0.2) is 0 Å². The number of rotatable bonds is 8. The van der Waals surface area contributed by atoms with E-state index in [9.17, 15) is 9.59 Å². The number of carbonyl (C=O) groups is 2. The fourth-order valence-electron chi connectivity index (χ4n) is 4.43. The molecule has 1 aliphatic heterocycles. The van der Waals surface area contributed by atoms with Gasteiger partial charge in [-0.3, -0.25) is 9.59 Å². The van der Waals surface area contributed by atoms with Crippen LogP contribution in [-0.2, 0) is 9.59 Å². The number of ether oxygens (including phenoxy) is 1. The Hall–Kier alpha value is -3.02. The second-order valence-electron chi connectivity index (χ2n) is 9.45. The molecule has 2 aliphatic rings. The molecule has 1 saturated carbocycles. The normalized spacial score (nSPS) is 19.0. The number of carbonyl (C=O) groups excluding carboxylic acids is 2. The van der Waals surface area contributed by atoms with Crippen LogP contribution in [0.1, 0.15) is 51.0 Å². The molecule has 4 rings (SSSR count). The topological polar surface area (TPSA) is 61.9 Å². The predicted molar refractivity (Wildman–Crippen MR) is 132 cm³/mol. The van der Waals surface area contributed by atoms with Crippen LogP contribution in [0.4, 0.5) is 11.4 Å². The van der Waals surface area contributed by atoms with Crippen LogP contribution < -0.4 is 15.0 Å². The molecule has 1 N–H and O–H groups in total. The van der Waals surface area contributed by atoms with Crippen LogP contribution >= 0.6 is 0 Å². The highest BCUT2D eigenvalue weighted by Gasteiger charge is 2.27. The quantitative estimate of drug-likeness (QED) is 0.637. The van der Waals surface area contributed by atoms with Gasteiger partial charge in [0.15, 0.2) is 0 Å². The Bertz CT molecular complexity index is 954. The summed E-state index contributed by atoms with van der Waals surface area (Å²) in [6.07, 6.45) is 4.83. The molecule has 2 unspecified atom stereocenters. The lowest BCUT2D eigenvalue weighted by atomic mass is 9.86. The molecule has 33 heavy (non-hydrogen) atoms. The highest BCUT2D eigenvalue weighted by atomic mass is 16.5. The van der Waals surface area contributed by atoms with Gasteiger partial charge in [0, 0.05) is 38.4 Å². The third-order valence-corrected chi connectivity index (χ3v) is 7.19. The van der Waals surface area contributed by atoms with Crippen molar-refractivity contribution in [3.63, 3.8) is 0 Å². The smallest absolute Gasteiger partial charge is 0.231 e. The van der Waals surface area contributed by atoms with Gasteiger partial charge in [0.1, 0.15) is 5.75 Å². The van der Waals surface area contributed by atoms with Crippen LogP contribution in [0.15, 0.2) is 48.5 Å². The summed E-state index contributed by atoms with van der Waals surface area (Å²) < 4.78 is 5.86. The van der Waals surface area contributed by atoms with Crippen molar-refractivity contribution in [3.8, 4) is 5.75 Å². The van der Waals surface area contributed by atoms with Gasteiger partial charge in [-0.15, -0.1) is 0 Å². The summed E-state index contributed by atoms with van der Waals surface area (Å²) >= 11 is 0. The fraction of sp³-hybridized carbons (Fsp3) is 0.481. The van der Waals surface area contributed by atoms with Crippen molar-refractivity contribution in [1.29, 1.82) is 0 Å². The lowest BCUT2D eigenvalue weighted by Gasteiger charge is -2.25. The maximum atomic E-state index is 12.8. The van der Waals surface area contributed by atoms with Crippen LogP contribution in [0, 0.1) is 5.92 Å². The molecule has 1 aliphatic carbocycles. The maximum Gasteiger partial charge on any atom is 0.231 e. The minimum Gasteiger partial charge on any atom is -0.493 e. The van der Waals surface area contributed by atoms with Crippen molar-refractivity contribution in [2.24, 2.45) is 5.92 Å². The highest BCUT2D eigenvalue weighted by Crippen LogP contribution is 2.28. The number of benzene rings is 2. The molecule has 2 aromatic rings. The van der Waals surface area contributed by atoms with E-state index in [0.29, 0.717) is 5.92 Å². The van der Waals surface area contributed by atoms with Crippen molar-refractivity contribution in [2.75, 3.05) is 37.0 Å². The molecule has 0 bridgehead atoms.